The number of halogens is 1. The number of nitrogens with zero attached hydrogens (tertiary/aromatic N) is 1. The molecular formula is C13H14FN3S. The molecule has 0 atom stereocenters. The Kier molecular flexibility index (Phi) is 3.34. The van der Waals surface area contributed by atoms with Crippen LogP contribution in [-0.4, -0.2) is 16.0 Å². The van der Waals surface area contributed by atoms with Crippen molar-refractivity contribution < 1.29 is 4.39 Å². The smallest absolute Gasteiger partial charge is 0.170 e. The number of H-pyrrole nitrogens is 1. The number of aromatic amines is 1. The highest BCUT2D eigenvalue weighted by Crippen LogP contribution is 2.27. The van der Waals surface area contributed by atoms with Crippen molar-refractivity contribution in [2.75, 3.05) is 0 Å². The van der Waals surface area contributed by atoms with Gasteiger partial charge in [0.2, 0.25) is 0 Å². The number of benzene rings is 1. The van der Waals surface area contributed by atoms with E-state index in [4.69, 9.17) is 0 Å². The maximum absolute atomic E-state index is 13.9. The molecule has 0 saturated heterocycles. The van der Waals surface area contributed by atoms with Gasteiger partial charge in [-0.25, -0.2) is 9.37 Å². The van der Waals surface area contributed by atoms with Gasteiger partial charge in [0.05, 0.1) is 4.90 Å². The lowest BCUT2D eigenvalue weighted by Gasteiger charge is -2.05. The van der Waals surface area contributed by atoms with Gasteiger partial charge in [-0.1, -0.05) is 6.07 Å². The second-order valence-electron chi connectivity index (χ2n) is 4.42. The molecule has 18 heavy (non-hydrogen) atoms. The molecule has 1 fully saturated rings. The lowest BCUT2D eigenvalue weighted by atomic mass is 10.2. The van der Waals surface area contributed by atoms with E-state index in [2.05, 4.69) is 15.3 Å². The second-order valence-corrected chi connectivity index (χ2v) is 5.45. The van der Waals surface area contributed by atoms with Crippen LogP contribution in [0.1, 0.15) is 18.4 Å². The van der Waals surface area contributed by atoms with Crippen molar-refractivity contribution in [1.82, 2.24) is 15.3 Å². The molecule has 1 aliphatic carbocycles. The van der Waals surface area contributed by atoms with Crippen LogP contribution >= 0.6 is 11.8 Å². The quantitative estimate of drug-likeness (QED) is 0.871. The summed E-state index contributed by atoms with van der Waals surface area (Å²) in [5, 5.41) is 4.08. The molecule has 1 aliphatic rings. The fourth-order valence-electron chi connectivity index (χ4n) is 1.70. The first-order valence-electron chi connectivity index (χ1n) is 6.00. The molecule has 2 N–H and O–H groups in total. The molecular weight excluding hydrogens is 249 g/mol. The minimum atomic E-state index is -0.188. The van der Waals surface area contributed by atoms with E-state index < -0.39 is 0 Å². The van der Waals surface area contributed by atoms with Crippen LogP contribution in [-0.2, 0) is 6.54 Å². The summed E-state index contributed by atoms with van der Waals surface area (Å²) in [5.41, 5.74) is 0.989. The predicted molar refractivity (Wildman–Crippen MR) is 69.0 cm³/mol. The third-order valence-corrected chi connectivity index (χ3v) is 3.82. The van der Waals surface area contributed by atoms with Crippen molar-refractivity contribution in [3.8, 4) is 0 Å². The van der Waals surface area contributed by atoms with Gasteiger partial charge in [-0.05, 0) is 42.3 Å². The Morgan fingerprint density at radius 2 is 2.33 bits per heavy atom. The van der Waals surface area contributed by atoms with E-state index in [-0.39, 0.29) is 5.82 Å². The molecule has 3 rings (SSSR count). The van der Waals surface area contributed by atoms with Crippen LogP contribution in [0.4, 0.5) is 4.39 Å². The van der Waals surface area contributed by atoms with Crippen LogP contribution < -0.4 is 5.32 Å². The summed E-state index contributed by atoms with van der Waals surface area (Å²) >= 11 is 1.30. The minimum absolute atomic E-state index is 0.188. The normalized spacial score (nSPS) is 14.9. The van der Waals surface area contributed by atoms with Gasteiger partial charge < -0.3 is 10.3 Å². The Balaban J connectivity index is 1.67. The standard InChI is InChI=1S/C13H14FN3S/c14-11-7-9(8-17-10-2-3-10)1-4-12(11)18-13-15-5-6-16-13/h1,4-7,10,17H,2-3,8H2,(H,15,16). The number of rotatable bonds is 5. The van der Waals surface area contributed by atoms with Gasteiger partial charge in [0.15, 0.2) is 5.16 Å². The Morgan fingerprint density at radius 3 is 3.00 bits per heavy atom. The van der Waals surface area contributed by atoms with Crippen LogP contribution in [0.2, 0.25) is 0 Å². The van der Waals surface area contributed by atoms with E-state index in [1.54, 1.807) is 18.5 Å². The van der Waals surface area contributed by atoms with Crippen molar-refractivity contribution in [2.24, 2.45) is 0 Å². The van der Waals surface area contributed by atoms with Gasteiger partial charge in [0.1, 0.15) is 5.82 Å². The molecule has 1 aromatic carbocycles. The Labute approximate surface area is 109 Å². The topological polar surface area (TPSA) is 40.7 Å². The molecule has 1 aromatic heterocycles. The van der Waals surface area contributed by atoms with E-state index in [0.717, 1.165) is 12.1 Å². The lowest BCUT2D eigenvalue weighted by Crippen LogP contribution is -2.15. The van der Waals surface area contributed by atoms with Gasteiger partial charge in [-0.15, -0.1) is 0 Å². The molecule has 1 saturated carbocycles. The zero-order chi connectivity index (χ0) is 12.4. The summed E-state index contributed by atoms with van der Waals surface area (Å²) in [6.07, 6.45) is 5.88. The Morgan fingerprint density at radius 1 is 1.44 bits per heavy atom. The number of imidazole rings is 1. The first-order valence-corrected chi connectivity index (χ1v) is 6.82. The third-order valence-electron chi connectivity index (χ3n) is 2.85. The molecule has 94 valence electrons. The van der Waals surface area contributed by atoms with Crippen LogP contribution in [0.25, 0.3) is 0 Å². The monoisotopic (exact) mass is 263 g/mol. The average molecular weight is 263 g/mol. The summed E-state index contributed by atoms with van der Waals surface area (Å²) in [6, 6.07) is 6.02. The predicted octanol–water partition coefficient (Wildman–Crippen LogP) is 2.95. The zero-order valence-electron chi connectivity index (χ0n) is 9.82. The maximum Gasteiger partial charge on any atom is 0.170 e. The fraction of sp³-hybridized carbons (Fsp3) is 0.308. The van der Waals surface area contributed by atoms with Crippen molar-refractivity contribution >= 4 is 11.8 Å². The molecule has 5 heteroatoms. The Bertz CT molecular complexity index is 523. The summed E-state index contributed by atoms with van der Waals surface area (Å²) < 4.78 is 13.9. The first-order chi connectivity index (χ1) is 8.81. The number of nitrogens with one attached hydrogen (secondary N) is 2. The van der Waals surface area contributed by atoms with Gasteiger partial charge in [-0.3, -0.25) is 0 Å². The SMILES string of the molecule is Fc1cc(CNC2CC2)ccc1Sc1ncc[nH]1. The van der Waals surface area contributed by atoms with Gasteiger partial charge >= 0.3 is 0 Å². The van der Waals surface area contributed by atoms with E-state index in [1.807, 2.05) is 12.1 Å². The van der Waals surface area contributed by atoms with Crippen LogP contribution in [0.5, 0.6) is 0 Å². The summed E-state index contributed by atoms with van der Waals surface area (Å²) in [6.45, 7) is 0.743. The van der Waals surface area contributed by atoms with E-state index in [9.17, 15) is 4.39 Å². The number of aromatic nitrogens is 2. The first kappa shape index (κ1) is 11.7. The van der Waals surface area contributed by atoms with Crippen molar-refractivity contribution in [1.29, 1.82) is 0 Å². The lowest BCUT2D eigenvalue weighted by molar-refractivity contribution is 0.595. The Hall–Kier alpha value is -1.33. The molecule has 0 spiro atoms. The zero-order valence-corrected chi connectivity index (χ0v) is 10.6. The molecule has 3 nitrogen and oxygen atoms in total. The van der Waals surface area contributed by atoms with Crippen molar-refractivity contribution in [2.45, 2.75) is 35.5 Å². The van der Waals surface area contributed by atoms with Gasteiger partial charge in [0.25, 0.3) is 0 Å². The van der Waals surface area contributed by atoms with Crippen LogP contribution in [0, 0.1) is 5.82 Å². The maximum atomic E-state index is 13.9. The molecule has 0 bridgehead atoms. The van der Waals surface area contributed by atoms with Gasteiger partial charge in [-0.2, -0.15) is 0 Å². The van der Waals surface area contributed by atoms with Crippen molar-refractivity contribution in [3.05, 3.63) is 42.0 Å². The third kappa shape index (κ3) is 2.91. The van der Waals surface area contributed by atoms with E-state index in [0.29, 0.717) is 16.1 Å². The van der Waals surface area contributed by atoms with Crippen LogP contribution in [0.3, 0.4) is 0 Å². The van der Waals surface area contributed by atoms with E-state index in [1.165, 1.54) is 24.6 Å². The molecule has 2 aromatic rings. The fourth-order valence-corrected chi connectivity index (χ4v) is 2.44. The van der Waals surface area contributed by atoms with Crippen molar-refractivity contribution in [3.63, 3.8) is 0 Å². The summed E-state index contributed by atoms with van der Waals surface area (Å²) in [4.78, 5) is 7.62. The highest BCUT2D eigenvalue weighted by molar-refractivity contribution is 7.99. The molecule has 0 radical (unpaired) electrons. The summed E-state index contributed by atoms with van der Waals surface area (Å²) in [5.74, 6) is -0.188. The minimum Gasteiger partial charge on any atom is -0.339 e. The summed E-state index contributed by atoms with van der Waals surface area (Å²) in [7, 11) is 0. The average Bonchev–Trinajstić information content (AvgIpc) is 3.06. The van der Waals surface area contributed by atoms with Crippen LogP contribution in [0.15, 0.2) is 40.6 Å². The molecule has 0 aliphatic heterocycles. The number of hydrogen-bond donors (Lipinski definition) is 2. The van der Waals surface area contributed by atoms with E-state index >= 15 is 0 Å². The highest BCUT2D eigenvalue weighted by Gasteiger charge is 2.20. The highest BCUT2D eigenvalue weighted by atomic mass is 32.2. The largest absolute Gasteiger partial charge is 0.339 e. The van der Waals surface area contributed by atoms with Gasteiger partial charge in [0, 0.05) is 25.0 Å². The molecule has 1 heterocycles. The second kappa shape index (κ2) is 5.12. The number of hydrogen-bond acceptors (Lipinski definition) is 3. The molecule has 0 unspecified atom stereocenters. The molecule has 0 amide bonds.